The minimum atomic E-state index is -0.562. The van der Waals surface area contributed by atoms with Gasteiger partial charge in [-0.3, -0.25) is 4.79 Å². The van der Waals surface area contributed by atoms with Crippen molar-refractivity contribution in [2.45, 2.75) is 0 Å². The second-order valence-corrected chi connectivity index (χ2v) is 4.52. The van der Waals surface area contributed by atoms with Crippen LogP contribution in [0.15, 0.2) is 42.5 Å². The Hall–Kier alpha value is -2.20. The van der Waals surface area contributed by atoms with E-state index < -0.39 is 11.6 Å². The first-order valence-electron chi connectivity index (χ1n) is 5.53. The highest BCUT2D eigenvalue weighted by Gasteiger charge is 2.37. The van der Waals surface area contributed by atoms with Crippen molar-refractivity contribution >= 4 is 28.8 Å². The van der Waals surface area contributed by atoms with E-state index in [0.29, 0.717) is 15.3 Å². The fourth-order valence-corrected chi connectivity index (χ4v) is 2.32. The smallest absolute Gasteiger partial charge is 0.274 e. The number of benzene rings is 2. The number of Topliss-reactive ketones (excluding diaryl/α,β-unsaturated/α-hetero) is 1. The summed E-state index contributed by atoms with van der Waals surface area (Å²) >= 11 is 6.00. The minimum Gasteiger partial charge on any atom is -0.618 e. The number of ketones is 1. The Labute approximate surface area is 113 Å². The monoisotopic (exact) mass is 275 g/mol. The summed E-state index contributed by atoms with van der Waals surface area (Å²) in [6.07, 6.45) is 0. The van der Waals surface area contributed by atoms with E-state index in [2.05, 4.69) is 0 Å². The van der Waals surface area contributed by atoms with Crippen molar-refractivity contribution in [3.63, 3.8) is 0 Å². The third-order valence-corrected chi connectivity index (χ3v) is 3.30. The van der Waals surface area contributed by atoms with Crippen LogP contribution in [0.5, 0.6) is 0 Å². The van der Waals surface area contributed by atoms with Crippen LogP contribution in [0.2, 0.25) is 5.02 Å². The lowest BCUT2D eigenvalue weighted by Crippen LogP contribution is -2.16. The van der Waals surface area contributed by atoms with Gasteiger partial charge in [0.15, 0.2) is 0 Å². The average molecular weight is 276 g/mol. The number of halogens is 2. The number of fused-ring (bicyclic) bond motifs is 1. The summed E-state index contributed by atoms with van der Waals surface area (Å²) in [6, 6.07) is 10.1. The fraction of sp³-hybridized carbons (Fsp3) is 0. The van der Waals surface area contributed by atoms with Crippen LogP contribution in [0.3, 0.4) is 0 Å². The van der Waals surface area contributed by atoms with E-state index in [1.807, 2.05) is 0 Å². The molecule has 0 N–H and O–H groups in total. The molecule has 0 bridgehead atoms. The number of carbonyl (C=O) groups is 1. The summed E-state index contributed by atoms with van der Waals surface area (Å²) < 4.78 is 13.6. The molecule has 0 fully saturated rings. The topological polar surface area (TPSA) is 43.1 Å². The molecule has 2 aromatic carbocycles. The van der Waals surface area contributed by atoms with E-state index in [-0.39, 0.29) is 17.0 Å². The first-order valence-corrected chi connectivity index (χ1v) is 5.91. The van der Waals surface area contributed by atoms with Gasteiger partial charge in [0.1, 0.15) is 11.4 Å². The zero-order valence-corrected chi connectivity index (χ0v) is 10.3. The zero-order chi connectivity index (χ0) is 13.6. The van der Waals surface area contributed by atoms with E-state index in [0.717, 1.165) is 12.1 Å². The van der Waals surface area contributed by atoms with Crippen LogP contribution in [0.25, 0.3) is 0 Å². The SMILES string of the molecule is O=C1C(c2ccccc2Cl)=[N+]([O-])c2cc(F)ccc21. The highest BCUT2D eigenvalue weighted by Crippen LogP contribution is 2.30. The highest BCUT2D eigenvalue weighted by molar-refractivity contribution is 6.54. The van der Waals surface area contributed by atoms with Crippen LogP contribution in [0.1, 0.15) is 15.9 Å². The van der Waals surface area contributed by atoms with Gasteiger partial charge in [0.2, 0.25) is 5.69 Å². The van der Waals surface area contributed by atoms with Gasteiger partial charge >= 0.3 is 0 Å². The quantitative estimate of drug-likeness (QED) is 0.592. The van der Waals surface area contributed by atoms with Crippen molar-refractivity contribution in [2.75, 3.05) is 0 Å². The molecular formula is C14H7ClFNO2. The summed E-state index contributed by atoms with van der Waals surface area (Å²) in [7, 11) is 0. The Bertz CT molecular complexity index is 740. The van der Waals surface area contributed by atoms with Gasteiger partial charge in [-0.15, -0.1) is 0 Å². The molecule has 94 valence electrons. The Balaban J connectivity index is 2.25. The summed E-state index contributed by atoms with van der Waals surface area (Å²) in [5.74, 6) is -1.01. The normalized spacial score (nSPS) is 13.9. The molecule has 3 nitrogen and oxygen atoms in total. The summed E-state index contributed by atoms with van der Waals surface area (Å²) in [5.41, 5.74) is 0.471. The van der Waals surface area contributed by atoms with E-state index >= 15 is 0 Å². The van der Waals surface area contributed by atoms with Crippen molar-refractivity contribution in [1.82, 2.24) is 0 Å². The molecule has 1 aliphatic heterocycles. The van der Waals surface area contributed by atoms with E-state index in [1.54, 1.807) is 24.3 Å². The number of hydrogen-bond acceptors (Lipinski definition) is 2. The minimum absolute atomic E-state index is 0.0138. The Morgan fingerprint density at radius 1 is 1.11 bits per heavy atom. The fourth-order valence-electron chi connectivity index (χ4n) is 2.09. The second kappa shape index (κ2) is 4.17. The molecule has 0 radical (unpaired) electrons. The van der Waals surface area contributed by atoms with Crippen molar-refractivity contribution in [3.8, 4) is 0 Å². The summed E-state index contributed by atoms with van der Waals surface area (Å²) in [6.45, 7) is 0. The highest BCUT2D eigenvalue weighted by atomic mass is 35.5. The summed E-state index contributed by atoms with van der Waals surface area (Å²) in [5, 5.41) is 12.5. The predicted octanol–water partition coefficient (Wildman–Crippen LogP) is 3.31. The standard InChI is InChI=1S/C14H7ClFNO2/c15-11-4-2-1-3-9(11)13-14(18)10-6-5-8(16)7-12(10)17(13)19/h1-7H. The molecule has 0 aliphatic carbocycles. The summed E-state index contributed by atoms with van der Waals surface area (Å²) in [4.78, 5) is 12.2. The van der Waals surface area contributed by atoms with Gasteiger partial charge in [0.05, 0.1) is 10.6 Å². The molecule has 0 atom stereocenters. The average Bonchev–Trinajstić information content (AvgIpc) is 2.63. The van der Waals surface area contributed by atoms with Gasteiger partial charge in [0, 0.05) is 6.07 Å². The van der Waals surface area contributed by atoms with Crippen molar-refractivity contribution < 1.29 is 13.9 Å². The van der Waals surface area contributed by atoms with E-state index in [4.69, 9.17) is 11.6 Å². The molecule has 0 saturated carbocycles. The van der Waals surface area contributed by atoms with Crippen LogP contribution in [0, 0.1) is 11.0 Å². The lowest BCUT2D eigenvalue weighted by Gasteiger charge is -2.03. The molecular weight excluding hydrogens is 269 g/mol. The number of carbonyl (C=O) groups excluding carboxylic acids is 1. The first-order chi connectivity index (χ1) is 9.09. The van der Waals surface area contributed by atoms with Gasteiger partial charge in [-0.1, -0.05) is 23.7 Å². The molecule has 5 heteroatoms. The second-order valence-electron chi connectivity index (χ2n) is 4.11. The third-order valence-electron chi connectivity index (χ3n) is 2.97. The van der Waals surface area contributed by atoms with Crippen LogP contribution in [-0.2, 0) is 0 Å². The number of hydrogen-bond donors (Lipinski definition) is 0. The van der Waals surface area contributed by atoms with Crippen LogP contribution >= 0.6 is 11.6 Å². The maximum Gasteiger partial charge on any atom is 0.274 e. The van der Waals surface area contributed by atoms with Gasteiger partial charge in [-0.05, 0) is 24.3 Å². The molecule has 1 aliphatic rings. The van der Waals surface area contributed by atoms with Crippen LogP contribution in [-0.4, -0.2) is 16.2 Å². The lowest BCUT2D eigenvalue weighted by molar-refractivity contribution is -0.355. The van der Waals surface area contributed by atoms with Crippen molar-refractivity contribution in [2.24, 2.45) is 0 Å². The maximum atomic E-state index is 13.2. The first kappa shape index (κ1) is 11.9. The Kier molecular flexibility index (Phi) is 2.61. The molecule has 0 unspecified atom stereocenters. The molecule has 0 saturated heterocycles. The Morgan fingerprint density at radius 2 is 1.84 bits per heavy atom. The molecule has 3 rings (SSSR count). The maximum absolute atomic E-state index is 13.2. The number of nitrogens with zero attached hydrogens (tertiary/aromatic N) is 1. The van der Waals surface area contributed by atoms with Gasteiger partial charge in [-0.2, -0.15) is 4.74 Å². The zero-order valence-electron chi connectivity index (χ0n) is 9.56. The predicted molar refractivity (Wildman–Crippen MR) is 69.6 cm³/mol. The van der Waals surface area contributed by atoms with Gasteiger partial charge < -0.3 is 5.21 Å². The van der Waals surface area contributed by atoms with Crippen molar-refractivity contribution in [1.29, 1.82) is 0 Å². The molecule has 0 amide bonds. The van der Waals surface area contributed by atoms with Gasteiger partial charge in [-0.25, -0.2) is 4.39 Å². The molecule has 0 aromatic heterocycles. The molecule has 1 heterocycles. The van der Waals surface area contributed by atoms with E-state index in [9.17, 15) is 14.4 Å². The Morgan fingerprint density at radius 3 is 2.58 bits per heavy atom. The van der Waals surface area contributed by atoms with E-state index in [1.165, 1.54) is 6.07 Å². The molecule has 19 heavy (non-hydrogen) atoms. The number of rotatable bonds is 1. The largest absolute Gasteiger partial charge is 0.618 e. The van der Waals surface area contributed by atoms with Gasteiger partial charge in [0.25, 0.3) is 11.5 Å². The van der Waals surface area contributed by atoms with Crippen LogP contribution < -0.4 is 0 Å². The molecule has 0 spiro atoms. The third kappa shape index (κ3) is 1.72. The van der Waals surface area contributed by atoms with Crippen molar-refractivity contribution in [3.05, 3.63) is 69.6 Å². The lowest BCUT2D eigenvalue weighted by atomic mass is 10.0. The molecule has 2 aromatic rings. The van der Waals surface area contributed by atoms with Crippen LogP contribution in [0.4, 0.5) is 10.1 Å².